The molecule has 0 atom stereocenters. The number of halogens is 3. The van der Waals surface area contributed by atoms with Gasteiger partial charge in [-0.2, -0.15) is 13.2 Å². The highest BCUT2D eigenvalue weighted by Crippen LogP contribution is 2.33. The number of ether oxygens (including phenoxy) is 1. The van der Waals surface area contributed by atoms with E-state index in [2.05, 4.69) is 31.2 Å². The Morgan fingerprint density at radius 2 is 1.51 bits per heavy atom. The molecule has 1 aromatic heterocycles. The number of amides is 3. The van der Waals surface area contributed by atoms with E-state index in [1.165, 1.54) is 30.5 Å². The van der Waals surface area contributed by atoms with Crippen LogP contribution in [-0.2, 0) is 17.5 Å². The third-order valence-corrected chi connectivity index (χ3v) is 8.44. The Labute approximate surface area is 294 Å². The number of anilines is 2. The molecule has 0 spiro atoms. The summed E-state index contributed by atoms with van der Waals surface area (Å²) in [5, 5.41) is 11.6. The molecule has 4 N–H and O–H groups in total. The number of rotatable bonds is 14. The fraction of sp³-hybridized carbons (Fsp3) is 0.316. The first-order valence-electron chi connectivity index (χ1n) is 16.8. The molecule has 0 unspecified atom stereocenters. The fourth-order valence-electron chi connectivity index (χ4n) is 5.72. The number of piperidine rings is 1. The minimum absolute atomic E-state index is 0.103. The van der Waals surface area contributed by atoms with Crippen molar-refractivity contribution in [3.63, 3.8) is 0 Å². The molecule has 3 aromatic carbocycles. The van der Waals surface area contributed by atoms with E-state index in [1.807, 2.05) is 12.1 Å². The molecule has 3 amide bonds. The van der Waals surface area contributed by atoms with Crippen molar-refractivity contribution in [3.8, 4) is 11.3 Å². The number of aromatic nitrogens is 1. The highest BCUT2D eigenvalue weighted by molar-refractivity contribution is 6.08. The summed E-state index contributed by atoms with van der Waals surface area (Å²) in [5.41, 5.74) is 2.78. The molecular weight excluding hydrogens is 661 g/mol. The van der Waals surface area contributed by atoms with Crippen LogP contribution < -0.4 is 26.2 Å². The van der Waals surface area contributed by atoms with Crippen LogP contribution in [0.3, 0.4) is 0 Å². The minimum Gasteiger partial charge on any atom is -0.383 e. The van der Waals surface area contributed by atoms with Crippen molar-refractivity contribution in [2.75, 3.05) is 56.7 Å². The summed E-state index contributed by atoms with van der Waals surface area (Å²) in [7, 11) is 1.62. The highest BCUT2D eigenvalue weighted by Gasteiger charge is 2.30. The first-order chi connectivity index (χ1) is 24.6. The third-order valence-electron chi connectivity index (χ3n) is 8.44. The molecule has 1 saturated heterocycles. The van der Waals surface area contributed by atoms with E-state index < -0.39 is 23.6 Å². The highest BCUT2D eigenvalue weighted by atomic mass is 19.4. The second-order valence-corrected chi connectivity index (χ2v) is 12.1. The summed E-state index contributed by atoms with van der Waals surface area (Å²) in [6.07, 6.45) is 0.251. The van der Waals surface area contributed by atoms with Crippen molar-refractivity contribution in [2.45, 2.75) is 32.0 Å². The predicted octanol–water partition coefficient (Wildman–Crippen LogP) is 5.91. The Balaban J connectivity index is 1.34. The summed E-state index contributed by atoms with van der Waals surface area (Å²) >= 11 is 0. The summed E-state index contributed by atoms with van der Waals surface area (Å²) in [6.45, 7) is 3.87. The van der Waals surface area contributed by atoms with Crippen molar-refractivity contribution in [1.82, 2.24) is 20.9 Å². The van der Waals surface area contributed by atoms with E-state index in [-0.39, 0.29) is 23.6 Å². The van der Waals surface area contributed by atoms with E-state index in [0.29, 0.717) is 54.3 Å². The molecule has 10 nitrogen and oxygen atoms in total. The van der Waals surface area contributed by atoms with E-state index in [4.69, 9.17) is 4.74 Å². The lowest BCUT2D eigenvalue weighted by molar-refractivity contribution is -0.137. The molecule has 5 rings (SSSR count). The van der Waals surface area contributed by atoms with Gasteiger partial charge in [-0.1, -0.05) is 18.2 Å². The monoisotopic (exact) mass is 702 g/mol. The van der Waals surface area contributed by atoms with Gasteiger partial charge < -0.3 is 30.9 Å². The van der Waals surface area contributed by atoms with Crippen LogP contribution in [0.15, 0.2) is 85.1 Å². The largest absolute Gasteiger partial charge is 0.416 e. The van der Waals surface area contributed by atoms with Gasteiger partial charge in [0.15, 0.2) is 0 Å². The topological polar surface area (TPSA) is 125 Å². The minimum atomic E-state index is -4.49. The Kier molecular flexibility index (Phi) is 12.8. The van der Waals surface area contributed by atoms with Gasteiger partial charge in [-0.05, 0) is 85.5 Å². The van der Waals surface area contributed by atoms with E-state index in [9.17, 15) is 27.6 Å². The van der Waals surface area contributed by atoms with Crippen molar-refractivity contribution in [2.24, 2.45) is 0 Å². The Morgan fingerprint density at radius 3 is 2.27 bits per heavy atom. The third kappa shape index (κ3) is 10.4. The lowest BCUT2D eigenvalue weighted by Crippen LogP contribution is -2.33. The number of pyridine rings is 1. The number of nitrogens with zero attached hydrogens (tertiary/aromatic N) is 2. The van der Waals surface area contributed by atoms with Crippen LogP contribution in [0.2, 0.25) is 0 Å². The Hall–Kier alpha value is -5.27. The van der Waals surface area contributed by atoms with E-state index in [0.717, 1.165) is 50.2 Å². The second-order valence-electron chi connectivity index (χ2n) is 12.1. The molecule has 4 aromatic rings. The quantitative estimate of drug-likeness (QED) is 0.121. The number of alkyl halides is 3. The second kappa shape index (κ2) is 17.6. The van der Waals surface area contributed by atoms with Crippen LogP contribution in [-0.4, -0.2) is 69.1 Å². The number of hydrogen-bond acceptors (Lipinski definition) is 7. The van der Waals surface area contributed by atoms with E-state index in [1.54, 1.807) is 37.4 Å². The lowest BCUT2D eigenvalue weighted by atomic mass is 10.0. The molecule has 0 saturated carbocycles. The van der Waals surface area contributed by atoms with Crippen LogP contribution >= 0.6 is 0 Å². The standard InChI is InChI=1S/C38H41F3N6O4/c1-51-20-17-42-15-16-44-35(48)27-8-6-9-28(22-27)37(50)46-33-12-11-31(47-18-3-2-4-19-47)24-32(33)34-23-29(13-14-43-34)36(49)45-25-26-7-5-10-30(21-26)38(39,40)41/h5-14,21-24,42H,2-4,15-20,25H2,1H3,(H,44,48)(H,45,49)(H,46,50). The normalized spacial score (nSPS) is 13.1. The van der Waals surface area contributed by atoms with Crippen LogP contribution in [0.1, 0.15) is 61.5 Å². The van der Waals surface area contributed by atoms with Crippen LogP contribution in [0.25, 0.3) is 11.3 Å². The van der Waals surface area contributed by atoms with Gasteiger partial charge in [-0.3, -0.25) is 19.4 Å². The maximum atomic E-state index is 13.6. The summed E-state index contributed by atoms with van der Waals surface area (Å²) in [4.78, 5) is 46.3. The van der Waals surface area contributed by atoms with Gasteiger partial charge in [-0.15, -0.1) is 0 Å². The van der Waals surface area contributed by atoms with E-state index >= 15 is 0 Å². The zero-order valence-corrected chi connectivity index (χ0v) is 28.3. The molecule has 51 heavy (non-hydrogen) atoms. The zero-order chi connectivity index (χ0) is 36.2. The molecule has 1 aliphatic rings. The predicted molar refractivity (Wildman–Crippen MR) is 190 cm³/mol. The SMILES string of the molecule is COCCNCCNC(=O)c1cccc(C(=O)Nc2ccc(N3CCCCC3)cc2-c2cc(C(=O)NCc3cccc(C(F)(F)F)c3)ccn2)c1. The number of hydrogen-bond donors (Lipinski definition) is 4. The first-order valence-corrected chi connectivity index (χ1v) is 16.8. The van der Waals surface area contributed by atoms with Crippen molar-refractivity contribution in [1.29, 1.82) is 0 Å². The van der Waals surface area contributed by atoms with Crippen molar-refractivity contribution in [3.05, 3.63) is 113 Å². The van der Waals surface area contributed by atoms with Crippen molar-refractivity contribution < 1.29 is 32.3 Å². The first kappa shape index (κ1) is 37.0. The van der Waals surface area contributed by atoms with Crippen LogP contribution in [0.5, 0.6) is 0 Å². The number of methoxy groups -OCH3 is 1. The zero-order valence-electron chi connectivity index (χ0n) is 28.3. The fourth-order valence-corrected chi connectivity index (χ4v) is 5.72. The molecule has 1 aliphatic heterocycles. The molecule has 2 heterocycles. The van der Waals surface area contributed by atoms with Gasteiger partial charge in [0.25, 0.3) is 17.7 Å². The maximum absolute atomic E-state index is 13.6. The van der Waals surface area contributed by atoms with Gasteiger partial charge in [0.05, 0.1) is 23.6 Å². The molecule has 0 radical (unpaired) electrons. The lowest BCUT2D eigenvalue weighted by Gasteiger charge is -2.29. The number of carbonyl (C=O) groups excluding carboxylic acids is 3. The molecule has 13 heteroatoms. The summed E-state index contributed by atoms with van der Waals surface area (Å²) < 4.78 is 44.5. The van der Waals surface area contributed by atoms with Gasteiger partial charge in [0.2, 0.25) is 0 Å². The van der Waals surface area contributed by atoms with Gasteiger partial charge in [-0.25, -0.2) is 0 Å². The number of carbonyl (C=O) groups is 3. The number of nitrogens with one attached hydrogen (secondary N) is 4. The number of benzene rings is 3. The molecular formula is C38H41F3N6O4. The Bertz CT molecular complexity index is 1830. The Morgan fingerprint density at radius 1 is 0.784 bits per heavy atom. The van der Waals surface area contributed by atoms with Crippen molar-refractivity contribution >= 4 is 29.1 Å². The smallest absolute Gasteiger partial charge is 0.383 e. The summed E-state index contributed by atoms with van der Waals surface area (Å²) in [6, 6.07) is 20.0. The average Bonchev–Trinajstić information content (AvgIpc) is 3.15. The van der Waals surface area contributed by atoms with Gasteiger partial charge in [0.1, 0.15) is 0 Å². The average molecular weight is 703 g/mol. The van der Waals surface area contributed by atoms with Gasteiger partial charge >= 0.3 is 6.18 Å². The summed E-state index contributed by atoms with van der Waals surface area (Å²) in [5.74, 6) is -1.24. The molecule has 1 fully saturated rings. The van der Waals surface area contributed by atoms with Crippen LogP contribution in [0, 0.1) is 0 Å². The molecule has 0 aliphatic carbocycles. The van der Waals surface area contributed by atoms with Crippen LogP contribution in [0.4, 0.5) is 24.5 Å². The van der Waals surface area contributed by atoms with Gasteiger partial charge in [0, 0.05) is 80.5 Å². The molecule has 268 valence electrons. The maximum Gasteiger partial charge on any atom is 0.416 e. The molecule has 0 bridgehead atoms.